The maximum Gasteiger partial charge on any atom is 0.328 e. The summed E-state index contributed by atoms with van der Waals surface area (Å²) in [5.74, 6) is -2.30. The molecule has 268 valence electrons. The molecule has 0 spiro atoms. The van der Waals surface area contributed by atoms with Crippen molar-refractivity contribution in [1.82, 2.24) is 10.6 Å². The lowest BCUT2D eigenvalue weighted by Gasteiger charge is -2.18. The number of allylic oxidation sites excluding steroid dienone is 2. The van der Waals surface area contributed by atoms with Crippen molar-refractivity contribution in [3.63, 3.8) is 0 Å². The van der Waals surface area contributed by atoms with E-state index in [0.717, 1.165) is 64.2 Å². The number of hydrogen-bond donors (Lipinski definition) is 4. The van der Waals surface area contributed by atoms with Crippen molar-refractivity contribution in [2.24, 2.45) is 0 Å². The third-order valence-corrected chi connectivity index (χ3v) is 8.24. The Labute approximate surface area is 280 Å². The van der Waals surface area contributed by atoms with Gasteiger partial charge >= 0.3 is 11.9 Å². The number of rotatable bonds is 33. The second-order valence-electron chi connectivity index (χ2n) is 12.7. The van der Waals surface area contributed by atoms with Crippen LogP contribution in [0.2, 0.25) is 0 Å². The largest absolute Gasteiger partial charge is 0.480 e. The van der Waals surface area contributed by atoms with Crippen LogP contribution in [0.4, 0.5) is 0 Å². The van der Waals surface area contributed by atoms with E-state index in [0.29, 0.717) is 19.3 Å². The number of esters is 1. The lowest BCUT2D eigenvalue weighted by Crippen LogP contribution is -2.47. The van der Waals surface area contributed by atoms with Crippen molar-refractivity contribution in [2.45, 2.75) is 187 Å². The van der Waals surface area contributed by atoms with Crippen LogP contribution in [0.15, 0.2) is 12.2 Å². The summed E-state index contributed by atoms with van der Waals surface area (Å²) in [6.45, 7) is 3.40. The molecule has 0 bridgehead atoms. The van der Waals surface area contributed by atoms with Gasteiger partial charge in [-0.1, -0.05) is 116 Å². The predicted molar refractivity (Wildman–Crippen MR) is 185 cm³/mol. The highest BCUT2D eigenvalue weighted by atomic mass is 16.5. The summed E-state index contributed by atoms with van der Waals surface area (Å²) in [5, 5.41) is 22.5. The van der Waals surface area contributed by atoms with E-state index in [1.807, 2.05) is 0 Å². The molecule has 0 aliphatic heterocycles. The summed E-state index contributed by atoms with van der Waals surface area (Å²) in [6, 6.07) is -1.38. The molecule has 2 unspecified atom stereocenters. The molecule has 9 heteroatoms. The van der Waals surface area contributed by atoms with Gasteiger partial charge in [-0.05, 0) is 57.8 Å². The fourth-order valence-corrected chi connectivity index (χ4v) is 5.36. The Morgan fingerprint density at radius 1 is 0.630 bits per heavy atom. The monoisotopic (exact) mass is 653 g/mol. The number of aliphatic carboxylic acids is 1. The summed E-state index contributed by atoms with van der Waals surface area (Å²) in [6.07, 6.45) is 31.0. The number of ether oxygens (including phenoxy) is 1. The van der Waals surface area contributed by atoms with E-state index < -0.39 is 24.5 Å². The lowest BCUT2D eigenvalue weighted by molar-refractivity contribution is -0.150. The second kappa shape index (κ2) is 32.5. The standard InChI is InChI=1S/C37H68N2O7/c1-3-5-7-9-11-13-14-16-21-25-29-36(43)46-32(26-22-18-15-12-10-8-6-4-2)27-23-19-17-20-24-28-34(41)38-30-35(42)39-33(31-40)37(44)45/h7,9,32-33,40H,3-6,8,10-31H2,1-2H3,(H,38,41)(H,39,42)(H,44,45)/b9-7-. The minimum absolute atomic E-state index is 0.00835. The van der Waals surface area contributed by atoms with Crippen LogP contribution >= 0.6 is 0 Å². The third kappa shape index (κ3) is 29.0. The zero-order valence-corrected chi connectivity index (χ0v) is 29.3. The number of unbranched alkanes of at least 4 members (excludes halogenated alkanes) is 17. The zero-order chi connectivity index (χ0) is 34.1. The number of hydrogen-bond acceptors (Lipinski definition) is 6. The van der Waals surface area contributed by atoms with Crippen LogP contribution in [-0.4, -0.2) is 59.3 Å². The van der Waals surface area contributed by atoms with Crippen molar-refractivity contribution in [2.75, 3.05) is 13.2 Å². The predicted octanol–water partition coefficient (Wildman–Crippen LogP) is 7.92. The van der Waals surface area contributed by atoms with Crippen LogP contribution in [0.25, 0.3) is 0 Å². The van der Waals surface area contributed by atoms with Gasteiger partial charge in [0.15, 0.2) is 0 Å². The van der Waals surface area contributed by atoms with Gasteiger partial charge in [0.25, 0.3) is 0 Å². The summed E-state index contributed by atoms with van der Waals surface area (Å²) in [5.41, 5.74) is 0. The highest BCUT2D eigenvalue weighted by molar-refractivity contribution is 5.87. The van der Waals surface area contributed by atoms with E-state index in [1.165, 1.54) is 77.0 Å². The normalized spacial score (nSPS) is 12.6. The van der Waals surface area contributed by atoms with Gasteiger partial charge in [0.05, 0.1) is 13.2 Å². The minimum atomic E-state index is -1.38. The first-order valence-corrected chi connectivity index (χ1v) is 18.6. The van der Waals surface area contributed by atoms with Gasteiger partial charge in [0, 0.05) is 12.8 Å². The van der Waals surface area contributed by atoms with Gasteiger partial charge in [-0.2, -0.15) is 0 Å². The van der Waals surface area contributed by atoms with E-state index >= 15 is 0 Å². The van der Waals surface area contributed by atoms with Crippen molar-refractivity contribution in [1.29, 1.82) is 0 Å². The molecule has 0 aromatic carbocycles. The highest BCUT2D eigenvalue weighted by Gasteiger charge is 2.19. The lowest BCUT2D eigenvalue weighted by atomic mass is 10.0. The maximum atomic E-state index is 12.6. The third-order valence-electron chi connectivity index (χ3n) is 8.24. The first-order chi connectivity index (χ1) is 22.3. The van der Waals surface area contributed by atoms with Crippen LogP contribution in [0.3, 0.4) is 0 Å². The van der Waals surface area contributed by atoms with E-state index in [2.05, 4.69) is 36.6 Å². The minimum Gasteiger partial charge on any atom is -0.480 e. The molecule has 0 aliphatic carbocycles. The molecule has 46 heavy (non-hydrogen) atoms. The number of carbonyl (C=O) groups is 4. The topological polar surface area (TPSA) is 142 Å². The highest BCUT2D eigenvalue weighted by Crippen LogP contribution is 2.18. The number of carboxylic acids is 1. The number of amides is 2. The van der Waals surface area contributed by atoms with Gasteiger partial charge in [-0.3, -0.25) is 14.4 Å². The molecule has 0 fully saturated rings. The van der Waals surface area contributed by atoms with E-state index in [9.17, 15) is 19.2 Å². The Morgan fingerprint density at radius 2 is 1.15 bits per heavy atom. The van der Waals surface area contributed by atoms with E-state index in [1.54, 1.807) is 0 Å². The molecule has 4 N–H and O–H groups in total. The smallest absolute Gasteiger partial charge is 0.328 e. The quantitative estimate of drug-likeness (QED) is 0.0320. The summed E-state index contributed by atoms with van der Waals surface area (Å²) in [4.78, 5) is 47.2. The van der Waals surface area contributed by atoms with Crippen LogP contribution in [0, 0.1) is 0 Å². The maximum absolute atomic E-state index is 12.6. The molecular weight excluding hydrogens is 584 g/mol. The number of carboxylic acid groups (broad SMARTS) is 1. The Morgan fingerprint density at radius 3 is 1.72 bits per heavy atom. The van der Waals surface area contributed by atoms with Crippen LogP contribution in [-0.2, 0) is 23.9 Å². The van der Waals surface area contributed by atoms with Crippen molar-refractivity contribution in [3.8, 4) is 0 Å². The molecule has 0 aromatic heterocycles. The summed E-state index contributed by atoms with van der Waals surface area (Å²) < 4.78 is 5.96. The Kier molecular flexibility index (Phi) is 30.8. The Balaban J connectivity index is 4.24. The molecule has 0 aromatic rings. The molecule has 0 radical (unpaired) electrons. The average Bonchev–Trinajstić information content (AvgIpc) is 3.03. The van der Waals surface area contributed by atoms with Gasteiger partial charge < -0.3 is 25.6 Å². The average molecular weight is 653 g/mol. The number of aliphatic hydroxyl groups is 1. The fraction of sp³-hybridized carbons (Fsp3) is 0.838. The molecule has 2 atom stereocenters. The number of aliphatic hydroxyl groups excluding tert-OH is 1. The Bertz CT molecular complexity index is 803. The molecular formula is C37H68N2O7. The zero-order valence-electron chi connectivity index (χ0n) is 29.3. The fourth-order valence-electron chi connectivity index (χ4n) is 5.36. The van der Waals surface area contributed by atoms with Gasteiger partial charge in [0.2, 0.25) is 11.8 Å². The molecule has 0 heterocycles. The SMILES string of the molecule is CCC/C=C\CCCCCCCC(=O)OC(CCCCCCCCCC)CCCCCCCC(=O)NCC(=O)NC(CO)C(=O)O. The summed E-state index contributed by atoms with van der Waals surface area (Å²) >= 11 is 0. The van der Waals surface area contributed by atoms with E-state index in [4.69, 9.17) is 14.9 Å². The van der Waals surface area contributed by atoms with Crippen molar-refractivity contribution in [3.05, 3.63) is 12.2 Å². The number of carbonyl (C=O) groups excluding carboxylic acids is 3. The molecule has 0 rings (SSSR count). The van der Waals surface area contributed by atoms with Crippen molar-refractivity contribution >= 4 is 23.8 Å². The van der Waals surface area contributed by atoms with Crippen LogP contribution in [0.5, 0.6) is 0 Å². The molecule has 2 amide bonds. The van der Waals surface area contributed by atoms with Gasteiger partial charge in [-0.25, -0.2) is 4.79 Å². The second-order valence-corrected chi connectivity index (χ2v) is 12.7. The molecule has 9 nitrogen and oxygen atoms in total. The van der Waals surface area contributed by atoms with Gasteiger partial charge in [-0.15, -0.1) is 0 Å². The summed E-state index contributed by atoms with van der Waals surface area (Å²) in [7, 11) is 0. The van der Waals surface area contributed by atoms with Crippen LogP contribution < -0.4 is 10.6 Å². The first-order valence-electron chi connectivity index (χ1n) is 18.6. The van der Waals surface area contributed by atoms with E-state index in [-0.39, 0.29) is 24.5 Å². The van der Waals surface area contributed by atoms with Crippen molar-refractivity contribution < 1.29 is 34.1 Å². The molecule has 0 saturated heterocycles. The molecule has 0 saturated carbocycles. The molecule has 0 aliphatic rings. The first kappa shape index (κ1) is 43.6. The number of nitrogens with one attached hydrogen (secondary N) is 2. The Hall–Kier alpha value is -2.42. The van der Waals surface area contributed by atoms with Gasteiger partial charge in [0.1, 0.15) is 12.1 Å². The van der Waals surface area contributed by atoms with Crippen LogP contribution in [0.1, 0.15) is 174 Å².